The van der Waals surface area contributed by atoms with Crippen LogP contribution in [0.3, 0.4) is 0 Å². The first-order chi connectivity index (χ1) is 7.90. The van der Waals surface area contributed by atoms with Crippen LogP contribution in [0.2, 0.25) is 0 Å². The molecular weight excluding hydrogens is 222 g/mol. The van der Waals surface area contributed by atoms with E-state index in [1.807, 2.05) is 20.8 Å². The second-order valence-corrected chi connectivity index (χ2v) is 4.65. The SMILES string of the molecule is CCCCC(C(=O)O)N(CCC(C)C)C(=O)O. The minimum absolute atomic E-state index is 0.285. The molecule has 0 aliphatic rings. The number of amides is 1. The fourth-order valence-corrected chi connectivity index (χ4v) is 1.59. The molecule has 0 bridgehead atoms. The average molecular weight is 245 g/mol. The molecule has 1 unspecified atom stereocenters. The molecule has 0 aliphatic carbocycles. The predicted octanol–water partition coefficient (Wildman–Crippen LogP) is 2.66. The van der Waals surface area contributed by atoms with Gasteiger partial charge in [0.1, 0.15) is 6.04 Å². The highest BCUT2D eigenvalue weighted by atomic mass is 16.4. The first kappa shape index (κ1) is 15.7. The number of aliphatic carboxylic acids is 1. The summed E-state index contributed by atoms with van der Waals surface area (Å²) in [6.07, 6.45) is 1.51. The van der Waals surface area contributed by atoms with Crippen LogP contribution in [0.4, 0.5) is 4.79 Å². The number of rotatable bonds is 8. The van der Waals surface area contributed by atoms with Crippen molar-refractivity contribution in [2.75, 3.05) is 6.54 Å². The van der Waals surface area contributed by atoms with Crippen molar-refractivity contribution in [3.05, 3.63) is 0 Å². The molecule has 0 radical (unpaired) electrons. The summed E-state index contributed by atoms with van der Waals surface area (Å²) in [5.74, 6) is -0.693. The molecule has 1 amide bonds. The van der Waals surface area contributed by atoms with Gasteiger partial charge in [0.25, 0.3) is 0 Å². The monoisotopic (exact) mass is 245 g/mol. The van der Waals surface area contributed by atoms with E-state index in [0.717, 1.165) is 17.7 Å². The Labute approximate surface area is 102 Å². The summed E-state index contributed by atoms with van der Waals surface area (Å²) in [7, 11) is 0. The predicted molar refractivity (Wildman–Crippen MR) is 65.1 cm³/mol. The van der Waals surface area contributed by atoms with Crippen LogP contribution in [0, 0.1) is 5.92 Å². The normalized spacial score (nSPS) is 12.5. The molecule has 0 aromatic carbocycles. The largest absolute Gasteiger partial charge is 0.480 e. The summed E-state index contributed by atoms with van der Waals surface area (Å²) in [4.78, 5) is 23.2. The maximum atomic E-state index is 11.1. The molecule has 5 heteroatoms. The van der Waals surface area contributed by atoms with Crippen LogP contribution in [0.5, 0.6) is 0 Å². The van der Waals surface area contributed by atoms with Crippen LogP contribution in [-0.4, -0.2) is 39.8 Å². The summed E-state index contributed by atoms with van der Waals surface area (Å²) in [5, 5.41) is 18.1. The zero-order valence-electron chi connectivity index (χ0n) is 10.8. The van der Waals surface area contributed by atoms with E-state index in [1.54, 1.807) is 0 Å². The molecule has 1 atom stereocenters. The number of hydrogen-bond acceptors (Lipinski definition) is 2. The van der Waals surface area contributed by atoms with Crippen molar-refractivity contribution in [2.45, 2.75) is 52.5 Å². The van der Waals surface area contributed by atoms with Crippen LogP contribution < -0.4 is 0 Å². The minimum Gasteiger partial charge on any atom is -0.480 e. The summed E-state index contributed by atoms with van der Waals surface area (Å²) < 4.78 is 0. The number of carbonyl (C=O) groups is 2. The third kappa shape index (κ3) is 6.14. The van der Waals surface area contributed by atoms with Crippen LogP contribution in [0.1, 0.15) is 46.5 Å². The van der Waals surface area contributed by atoms with Gasteiger partial charge in [-0.05, 0) is 18.8 Å². The molecule has 0 saturated carbocycles. The molecule has 0 spiro atoms. The van der Waals surface area contributed by atoms with Crippen molar-refractivity contribution < 1.29 is 19.8 Å². The van der Waals surface area contributed by atoms with Gasteiger partial charge in [-0.2, -0.15) is 0 Å². The van der Waals surface area contributed by atoms with E-state index in [1.165, 1.54) is 0 Å². The fourth-order valence-electron chi connectivity index (χ4n) is 1.59. The van der Waals surface area contributed by atoms with Gasteiger partial charge >= 0.3 is 12.1 Å². The molecule has 17 heavy (non-hydrogen) atoms. The second kappa shape index (κ2) is 7.92. The molecule has 0 saturated heterocycles. The maximum Gasteiger partial charge on any atom is 0.408 e. The Kier molecular flexibility index (Phi) is 7.34. The standard InChI is InChI=1S/C12H23NO4/c1-4-5-6-10(11(14)15)13(12(16)17)8-7-9(2)3/h9-10H,4-8H2,1-3H3,(H,14,15)(H,16,17). The lowest BCUT2D eigenvalue weighted by molar-refractivity contribution is -0.143. The van der Waals surface area contributed by atoms with Crippen molar-refractivity contribution in [2.24, 2.45) is 5.92 Å². The highest BCUT2D eigenvalue weighted by Gasteiger charge is 2.28. The molecule has 0 aromatic heterocycles. The highest BCUT2D eigenvalue weighted by Crippen LogP contribution is 2.12. The van der Waals surface area contributed by atoms with E-state index in [9.17, 15) is 9.59 Å². The van der Waals surface area contributed by atoms with Gasteiger partial charge in [-0.15, -0.1) is 0 Å². The zero-order chi connectivity index (χ0) is 13.4. The Hall–Kier alpha value is -1.26. The number of carboxylic acid groups (broad SMARTS) is 2. The summed E-state index contributed by atoms with van der Waals surface area (Å²) in [6.45, 7) is 6.22. The van der Waals surface area contributed by atoms with Gasteiger partial charge in [-0.3, -0.25) is 4.90 Å². The fraction of sp³-hybridized carbons (Fsp3) is 0.833. The number of nitrogens with zero attached hydrogens (tertiary/aromatic N) is 1. The van der Waals surface area contributed by atoms with E-state index in [-0.39, 0.29) is 6.54 Å². The Morgan fingerprint density at radius 2 is 1.76 bits per heavy atom. The van der Waals surface area contributed by atoms with Crippen molar-refractivity contribution >= 4 is 12.1 Å². The van der Waals surface area contributed by atoms with Gasteiger partial charge in [-0.1, -0.05) is 33.6 Å². The van der Waals surface area contributed by atoms with Gasteiger partial charge < -0.3 is 10.2 Å². The second-order valence-electron chi connectivity index (χ2n) is 4.65. The van der Waals surface area contributed by atoms with Gasteiger partial charge in [0.05, 0.1) is 0 Å². The van der Waals surface area contributed by atoms with E-state index >= 15 is 0 Å². The van der Waals surface area contributed by atoms with E-state index < -0.39 is 18.1 Å². The van der Waals surface area contributed by atoms with E-state index in [0.29, 0.717) is 18.8 Å². The zero-order valence-corrected chi connectivity index (χ0v) is 10.8. The Balaban J connectivity index is 4.59. The maximum absolute atomic E-state index is 11.1. The Morgan fingerprint density at radius 3 is 2.12 bits per heavy atom. The summed E-state index contributed by atoms with van der Waals surface area (Å²) in [6, 6.07) is -0.911. The first-order valence-electron chi connectivity index (χ1n) is 6.12. The molecule has 0 heterocycles. The smallest absolute Gasteiger partial charge is 0.408 e. The van der Waals surface area contributed by atoms with Crippen LogP contribution >= 0.6 is 0 Å². The molecule has 0 rings (SSSR count). The minimum atomic E-state index is -1.14. The lowest BCUT2D eigenvalue weighted by atomic mass is 10.1. The van der Waals surface area contributed by atoms with Crippen molar-refractivity contribution in [1.82, 2.24) is 4.90 Å². The van der Waals surface area contributed by atoms with Crippen LogP contribution in [0.25, 0.3) is 0 Å². The summed E-state index contributed by atoms with van der Waals surface area (Å²) >= 11 is 0. The lowest BCUT2D eigenvalue weighted by Crippen LogP contribution is -2.45. The molecule has 0 fully saturated rings. The lowest BCUT2D eigenvalue weighted by Gasteiger charge is -2.26. The summed E-state index contributed by atoms with van der Waals surface area (Å²) in [5.41, 5.74) is 0. The quantitative estimate of drug-likeness (QED) is 0.689. The third-order valence-electron chi connectivity index (χ3n) is 2.69. The number of unbranched alkanes of at least 4 members (excludes halogenated alkanes) is 1. The molecule has 0 aliphatic heterocycles. The highest BCUT2D eigenvalue weighted by molar-refractivity contribution is 5.79. The molecule has 2 N–H and O–H groups in total. The topological polar surface area (TPSA) is 77.8 Å². The Morgan fingerprint density at radius 1 is 1.18 bits per heavy atom. The van der Waals surface area contributed by atoms with Crippen molar-refractivity contribution in [3.8, 4) is 0 Å². The average Bonchev–Trinajstić information content (AvgIpc) is 2.21. The van der Waals surface area contributed by atoms with Crippen molar-refractivity contribution in [3.63, 3.8) is 0 Å². The van der Waals surface area contributed by atoms with Gasteiger partial charge in [0, 0.05) is 6.54 Å². The molecule has 100 valence electrons. The van der Waals surface area contributed by atoms with Gasteiger partial charge in [0.15, 0.2) is 0 Å². The first-order valence-corrected chi connectivity index (χ1v) is 6.12. The van der Waals surface area contributed by atoms with Crippen molar-refractivity contribution in [1.29, 1.82) is 0 Å². The molecular formula is C12H23NO4. The number of hydrogen-bond donors (Lipinski definition) is 2. The van der Waals surface area contributed by atoms with Crippen LogP contribution in [0.15, 0.2) is 0 Å². The molecule has 0 aromatic rings. The third-order valence-corrected chi connectivity index (χ3v) is 2.69. The number of carboxylic acids is 1. The van der Waals surface area contributed by atoms with Gasteiger partial charge in [0.2, 0.25) is 0 Å². The van der Waals surface area contributed by atoms with Crippen LogP contribution in [-0.2, 0) is 4.79 Å². The molecule has 5 nitrogen and oxygen atoms in total. The Bertz CT molecular complexity index is 253. The van der Waals surface area contributed by atoms with E-state index in [2.05, 4.69) is 0 Å². The van der Waals surface area contributed by atoms with E-state index in [4.69, 9.17) is 10.2 Å². The van der Waals surface area contributed by atoms with Gasteiger partial charge in [-0.25, -0.2) is 9.59 Å².